The van der Waals surface area contributed by atoms with Gasteiger partial charge >= 0.3 is 0 Å². The number of nitrogens with zero attached hydrogens (tertiary/aromatic N) is 1. The number of anilines is 2. The van der Waals surface area contributed by atoms with Crippen LogP contribution in [-0.2, 0) is 7.05 Å². The second-order valence-electron chi connectivity index (χ2n) is 4.30. The molecule has 0 amide bonds. The summed E-state index contributed by atoms with van der Waals surface area (Å²) >= 11 is 0. The fourth-order valence-corrected chi connectivity index (χ4v) is 2.30. The van der Waals surface area contributed by atoms with Crippen LogP contribution in [0, 0.1) is 0 Å². The third kappa shape index (κ3) is 1.73. The lowest BCUT2D eigenvalue weighted by Gasteiger charge is -2.04. The maximum atomic E-state index is 6.01. The molecule has 92 valence electrons. The second-order valence-corrected chi connectivity index (χ2v) is 4.30. The molecule has 1 aromatic heterocycles. The van der Waals surface area contributed by atoms with Gasteiger partial charge in [0.25, 0.3) is 0 Å². The Labute approximate surface area is 111 Å². The molecule has 0 aliphatic carbocycles. The van der Waals surface area contributed by atoms with Crippen molar-refractivity contribution in [1.82, 2.24) is 0 Å². The molecule has 1 heterocycles. The number of rotatable bonds is 0. The molecule has 4 N–H and O–H groups in total. The number of nitrogen functional groups attached to an aromatic ring is 2. The van der Waals surface area contributed by atoms with Crippen LogP contribution < -0.4 is 28.4 Å². The molecule has 3 aromatic rings. The van der Waals surface area contributed by atoms with Crippen LogP contribution in [0.4, 0.5) is 11.4 Å². The lowest BCUT2D eigenvalue weighted by molar-refractivity contribution is -0.617. The molecular formula is C14H14ClN3. The molecule has 3 nitrogen and oxygen atoms in total. The summed E-state index contributed by atoms with van der Waals surface area (Å²) in [7, 11) is 2.04. The van der Waals surface area contributed by atoms with Crippen molar-refractivity contribution in [2.24, 2.45) is 7.05 Å². The van der Waals surface area contributed by atoms with E-state index in [4.69, 9.17) is 11.5 Å². The average molecular weight is 260 g/mol. The monoisotopic (exact) mass is 259 g/mol. The number of hydrogen-bond donors (Lipinski definition) is 2. The Morgan fingerprint density at radius 1 is 0.944 bits per heavy atom. The first-order valence-corrected chi connectivity index (χ1v) is 5.53. The smallest absolute Gasteiger partial charge is 0.214 e. The quantitative estimate of drug-likeness (QED) is 0.309. The Balaban J connectivity index is 0.00000120. The topological polar surface area (TPSA) is 55.9 Å². The van der Waals surface area contributed by atoms with Gasteiger partial charge < -0.3 is 23.9 Å². The number of aromatic nitrogens is 1. The zero-order valence-electron chi connectivity index (χ0n) is 10.0. The van der Waals surface area contributed by atoms with E-state index in [1.165, 1.54) is 0 Å². The van der Waals surface area contributed by atoms with E-state index < -0.39 is 0 Å². The van der Waals surface area contributed by atoms with Crippen LogP contribution in [0.2, 0.25) is 0 Å². The van der Waals surface area contributed by atoms with E-state index in [2.05, 4.69) is 16.7 Å². The number of hydrogen-bond acceptors (Lipinski definition) is 2. The van der Waals surface area contributed by atoms with Gasteiger partial charge in [-0.1, -0.05) is 6.07 Å². The predicted molar refractivity (Wildman–Crippen MR) is 71.5 cm³/mol. The minimum absolute atomic E-state index is 0. The fourth-order valence-electron chi connectivity index (χ4n) is 2.30. The molecule has 0 spiro atoms. The van der Waals surface area contributed by atoms with Gasteiger partial charge in [0, 0.05) is 28.9 Å². The number of halogens is 1. The Morgan fingerprint density at radius 2 is 1.72 bits per heavy atom. The average Bonchev–Trinajstić information content (AvgIpc) is 2.30. The third-order valence-corrected chi connectivity index (χ3v) is 3.19. The zero-order chi connectivity index (χ0) is 12.0. The number of pyridine rings is 1. The Morgan fingerprint density at radius 3 is 2.50 bits per heavy atom. The maximum absolute atomic E-state index is 6.01. The van der Waals surface area contributed by atoms with E-state index in [-0.39, 0.29) is 12.4 Å². The van der Waals surface area contributed by atoms with E-state index in [1.807, 2.05) is 37.4 Å². The summed E-state index contributed by atoms with van der Waals surface area (Å²) in [6, 6.07) is 14.0. The SMILES string of the molecule is C[n+]1c2ccc(N)cc2cc2c(N)cccc21.[Cl-]. The van der Waals surface area contributed by atoms with E-state index in [0.717, 1.165) is 33.2 Å². The highest BCUT2D eigenvalue weighted by molar-refractivity contribution is 5.96. The van der Waals surface area contributed by atoms with Gasteiger partial charge in [0.05, 0.1) is 5.39 Å². The van der Waals surface area contributed by atoms with Crippen LogP contribution in [0.25, 0.3) is 21.8 Å². The van der Waals surface area contributed by atoms with Gasteiger partial charge in [-0.3, -0.25) is 0 Å². The maximum Gasteiger partial charge on any atom is 0.214 e. The molecule has 0 unspecified atom stereocenters. The summed E-state index contributed by atoms with van der Waals surface area (Å²) in [6.07, 6.45) is 0. The summed E-state index contributed by atoms with van der Waals surface area (Å²) in [5.41, 5.74) is 15.7. The molecule has 0 radical (unpaired) electrons. The molecule has 18 heavy (non-hydrogen) atoms. The lowest BCUT2D eigenvalue weighted by Crippen LogP contribution is -3.00. The highest BCUT2D eigenvalue weighted by Crippen LogP contribution is 2.23. The van der Waals surface area contributed by atoms with Crippen LogP contribution in [-0.4, -0.2) is 0 Å². The van der Waals surface area contributed by atoms with Crippen molar-refractivity contribution in [3.63, 3.8) is 0 Å². The van der Waals surface area contributed by atoms with Gasteiger partial charge in [0.1, 0.15) is 7.05 Å². The van der Waals surface area contributed by atoms with E-state index in [0.29, 0.717) is 0 Å². The summed E-state index contributed by atoms with van der Waals surface area (Å²) in [5.74, 6) is 0. The van der Waals surface area contributed by atoms with Gasteiger partial charge in [-0.15, -0.1) is 0 Å². The van der Waals surface area contributed by atoms with Crippen LogP contribution in [0.3, 0.4) is 0 Å². The highest BCUT2D eigenvalue weighted by atomic mass is 35.5. The first kappa shape index (κ1) is 12.5. The van der Waals surface area contributed by atoms with Gasteiger partial charge in [-0.25, -0.2) is 0 Å². The van der Waals surface area contributed by atoms with E-state index >= 15 is 0 Å². The number of nitrogens with two attached hydrogens (primary N) is 2. The Bertz CT molecular complexity index is 738. The minimum Gasteiger partial charge on any atom is -1.00 e. The molecule has 0 atom stereocenters. The van der Waals surface area contributed by atoms with Crippen molar-refractivity contribution in [2.75, 3.05) is 11.5 Å². The third-order valence-electron chi connectivity index (χ3n) is 3.19. The van der Waals surface area contributed by atoms with E-state index in [9.17, 15) is 0 Å². The summed E-state index contributed by atoms with van der Waals surface area (Å²) in [4.78, 5) is 0. The highest BCUT2D eigenvalue weighted by Gasteiger charge is 2.12. The Kier molecular flexibility index (Phi) is 3.01. The largest absolute Gasteiger partial charge is 1.00 e. The van der Waals surface area contributed by atoms with Gasteiger partial charge in [0.2, 0.25) is 11.0 Å². The molecule has 0 fully saturated rings. The number of fused-ring (bicyclic) bond motifs is 2. The minimum atomic E-state index is 0. The normalized spacial score (nSPS) is 10.5. The first-order chi connectivity index (χ1) is 8.16. The van der Waals surface area contributed by atoms with Gasteiger partial charge in [-0.2, -0.15) is 4.57 Å². The molecular weight excluding hydrogens is 246 g/mol. The van der Waals surface area contributed by atoms with Crippen molar-refractivity contribution >= 4 is 33.2 Å². The Hall–Kier alpha value is -2.00. The molecule has 0 aliphatic heterocycles. The molecule has 3 rings (SSSR count). The van der Waals surface area contributed by atoms with Crippen molar-refractivity contribution in [2.45, 2.75) is 0 Å². The van der Waals surface area contributed by atoms with Crippen LogP contribution >= 0.6 is 0 Å². The van der Waals surface area contributed by atoms with Gasteiger partial charge in [0.15, 0.2) is 0 Å². The fraction of sp³-hybridized carbons (Fsp3) is 0.0714. The molecule has 0 saturated heterocycles. The zero-order valence-corrected chi connectivity index (χ0v) is 10.8. The van der Waals surface area contributed by atoms with Crippen molar-refractivity contribution in [3.8, 4) is 0 Å². The van der Waals surface area contributed by atoms with Crippen molar-refractivity contribution in [1.29, 1.82) is 0 Å². The van der Waals surface area contributed by atoms with Crippen molar-refractivity contribution in [3.05, 3.63) is 42.5 Å². The standard InChI is InChI=1S/C14H13N3.ClH/c1-17-13-6-5-10(15)7-9(13)8-11-12(16)3-2-4-14(11)17;/h2-8,16H,15H2,1H3;1H. The molecule has 2 aromatic carbocycles. The summed E-state index contributed by atoms with van der Waals surface area (Å²) in [5, 5.41) is 2.17. The van der Waals surface area contributed by atoms with E-state index in [1.54, 1.807) is 0 Å². The predicted octanol–water partition coefficient (Wildman–Crippen LogP) is -1.01. The van der Waals surface area contributed by atoms with Crippen molar-refractivity contribution < 1.29 is 17.0 Å². The number of aryl methyl sites for hydroxylation is 1. The molecule has 4 heteroatoms. The molecule has 0 aliphatic rings. The summed E-state index contributed by atoms with van der Waals surface area (Å²) < 4.78 is 2.14. The van der Waals surface area contributed by atoms with Crippen LogP contribution in [0.1, 0.15) is 0 Å². The summed E-state index contributed by atoms with van der Waals surface area (Å²) in [6.45, 7) is 0. The molecule has 0 bridgehead atoms. The molecule has 0 saturated carbocycles. The van der Waals surface area contributed by atoms with Gasteiger partial charge in [-0.05, 0) is 24.3 Å². The lowest BCUT2D eigenvalue weighted by atomic mass is 10.1. The second kappa shape index (κ2) is 4.35. The van der Waals surface area contributed by atoms with Crippen LogP contribution in [0.5, 0.6) is 0 Å². The van der Waals surface area contributed by atoms with Crippen LogP contribution in [0.15, 0.2) is 42.5 Å². The number of benzene rings is 2. The first-order valence-electron chi connectivity index (χ1n) is 5.53.